The van der Waals surface area contributed by atoms with Crippen LogP contribution in [-0.2, 0) is 0 Å². The smallest absolute Gasteiger partial charge is 0.0300 e. The molecule has 0 bridgehead atoms. The summed E-state index contributed by atoms with van der Waals surface area (Å²) in [5, 5.41) is 0. The Morgan fingerprint density at radius 2 is 0.944 bits per heavy atom. The molecule has 0 aromatic carbocycles. The minimum Gasteiger partial charge on any atom is -0.0623 e. The minimum atomic E-state index is 0.483. The maximum atomic E-state index is 2.51. The molecule has 0 aliphatic heterocycles. The van der Waals surface area contributed by atoms with Gasteiger partial charge in [-0.2, -0.15) is 0 Å². The van der Waals surface area contributed by atoms with Gasteiger partial charge in [-0.05, 0) is 47.3 Å². The lowest BCUT2D eigenvalue weighted by Gasteiger charge is -2.52. The summed E-state index contributed by atoms with van der Waals surface area (Å²) in [5.74, 6) is 3.38. The quantitative estimate of drug-likeness (QED) is 0.562. The Bertz CT molecular complexity index is 229. The van der Waals surface area contributed by atoms with Crippen LogP contribution in [0.1, 0.15) is 81.1 Å². The Labute approximate surface area is 116 Å². The second-order valence-electron chi connectivity index (χ2n) is 8.45. The van der Waals surface area contributed by atoms with Crippen LogP contribution >= 0.6 is 0 Å². The summed E-state index contributed by atoms with van der Waals surface area (Å²) < 4.78 is 0. The molecule has 0 heteroatoms. The topological polar surface area (TPSA) is 0 Å². The van der Waals surface area contributed by atoms with Gasteiger partial charge in [0, 0.05) is 0 Å². The van der Waals surface area contributed by atoms with Crippen molar-refractivity contribution >= 4 is 0 Å². The molecule has 108 valence electrons. The molecule has 0 nitrogen and oxygen atoms in total. The molecule has 0 aromatic heterocycles. The molecule has 1 aliphatic carbocycles. The fraction of sp³-hybridized carbons (Fsp3) is 1.00. The van der Waals surface area contributed by atoms with Crippen LogP contribution in [0.5, 0.6) is 0 Å². The van der Waals surface area contributed by atoms with Crippen molar-refractivity contribution in [2.24, 2.45) is 34.5 Å². The Balaban J connectivity index is 3.01. The van der Waals surface area contributed by atoms with Crippen LogP contribution in [0.15, 0.2) is 0 Å². The lowest BCUT2D eigenvalue weighted by Crippen LogP contribution is -2.44. The number of hydrogen-bond donors (Lipinski definition) is 0. The molecule has 0 aromatic rings. The molecular weight excluding hydrogens is 216 g/mol. The molecule has 0 saturated heterocycles. The monoisotopic (exact) mass is 252 g/mol. The number of rotatable bonds is 4. The van der Waals surface area contributed by atoms with Gasteiger partial charge in [0.1, 0.15) is 0 Å². The van der Waals surface area contributed by atoms with Crippen LogP contribution in [0.2, 0.25) is 0 Å². The predicted molar refractivity (Wildman–Crippen MR) is 82.7 cm³/mol. The van der Waals surface area contributed by atoms with Crippen molar-refractivity contribution in [2.45, 2.75) is 81.1 Å². The summed E-state index contributed by atoms with van der Waals surface area (Å²) in [6, 6.07) is 0. The van der Waals surface area contributed by atoms with Gasteiger partial charge in [-0.25, -0.2) is 0 Å². The molecule has 1 aliphatic rings. The van der Waals surface area contributed by atoms with E-state index < -0.39 is 0 Å². The largest absolute Gasteiger partial charge is 0.0623 e. The van der Waals surface area contributed by atoms with Gasteiger partial charge in [0.15, 0.2) is 0 Å². The summed E-state index contributed by atoms with van der Waals surface area (Å²) in [4.78, 5) is 0. The zero-order valence-corrected chi connectivity index (χ0v) is 14.1. The first-order valence-corrected chi connectivity index (χ1v) is 8.11. The lowest BCUT2D eigenvalue weighted by molar-refractivity contribution is -0.0279. The summed E-state index contributed by atoms with van der Waals surface area (Å²) in [6.07, 6.45) is 5.80. The maximum Gasteiger partial charge on any atom is -0.0300 e. The normalized spacial score (nSPS) is 27.0. The Morgan fingerprint density at radius 1 is 0.667 bits per heavy atom. The van der Waals surface area contributed by atoms with E-state index in [4.69, 9.17) is 0 Å². The Kier molecular flexibility index (Phi) is 4.95. The summed E-state index contributed by atoms with van der Waals surface area (Å²) >= 11 is 0. The summed E-state index contributed by atoms with van der Waals surface area (Å²) in [5.41, 5.74) is 0.967. The minimum absolute atomic E-state index is 0.483. The molecule has 0 radical (unpaired) electrons. The summed E-state index contributed by atoms with van der Waals surface area (Å²) in [6.45, 7) is 19.7. The lowest BCUT2D eigenvalue weighted by atomic mass is 9.53. The zero-order valence-electron chi connectivity index (χ0n) is 14.1. The third kappa shape index (κ3) is 2.94. The first kappa shape index (κ1) is 16.1. The van der Waals surface area contributed by atoms with E-state index in [1.165, 1.54) is 25.7 Å². The van der Waals surface area contributed by atoms with Crippen LogP contribution in [0.25, 0.3) is 0 Å². The number of hydrogen-bond acceptors (Lipinski definition) is 0. The van der Waals surface area contributed by atoms with Crippen LogP contribution in [0.4, 0.5) is 0 Å². The van der Waals surface area contributed by atoms with E-state index in [0.717, 1.165) is 23.7 Å². The van der Waals surface area contributed by atoms with Gasteiger partial charge in [-0.1, -0.05) is 68.2 Å². The zero-order chi connectivity index (χ0) is 14.1. The highest BCUT2D eigenvalue weighted by molar-refractivity contribution is 4.94. The first-order chi connectivity index (χ1) is 8.11. The molecule has 0 heterocycles. The molecule has 2 unspecified atom stereocenters. The van der Waals surface area contributed by atoms with Gasteiger partial charge in [-0.15, -0.1) is 0 Å². The highest BCUT2D eigenvalue weighted by atomic mass is 14.5. The molecule has 0 spiro atoms. The third-order valence-corrected chi connectivity index (χ3v) is 6.65. The van der Waals surface area contributed by atoms with Crippen LogP contribution in [0.3, 0.4) is 0 Å². The predicted octanol–water partition coefficient (Wildman–Crippen LogP) is 6.16. The van der Waals surface area contributed by atoms with Gasteiger partial charge in [0.2, 0.25) is 0 Å². The van der Waals surface area contributed by atoms with Gasteiger partial charge >= 0.3 is 0 Å². The standard InChI is InChI=1S/C18H36/c1-13(2)17(5,6)15-11-9-10-12-16(15)18(7,8)14(3)4/h13-16H,9-12H2,1-8H3. The maximum absolute atomic E-state index is 2.51. The van der Waals surface area contributed by atoms with Crippen molar-refractivity contribution in [3.05, 3.63) is 0 Å². The second kappa shape index (κ2) is 5.55. The molecule has 1 fully saturated rings. The third-order valence-electron chi connectivity index (χ3n) is 6.65. The first-order valence-electron chi connectivity index (χ1n) is 8.11. The molecule has 0 amide bonds. The van der Waals surface area contributed by atoms with E-state index >= 15 is 0 Å². The van der Waals surface area contributed by atoms with Crippen molar-refractivity contribution < 1.29 is 0 Å². The SMILES string of the molecule is CC(C)C(C)(C)C1CCCCC1C(C)(C)C(C)C. The van der Waals surface area contributed by atoms with Crippen molar-refractivity contribution in [2.75, 3.05) is 0 Å². The fourth-order valence-electron chi connectivity index (χ4n) is 3.77. The molecule has 1 saturated carbocycles. The molecule has 2 atom stereocenters. The van der Waals surface area contributed by atoms with E-state index in [2.05, 4.69) is 55.4 Å². The van der Waals surface area contributed by atoms with Gasteiger partial charge in [0.25, 0.3) is 0 Å². The van der Waals surface area contributed by atoms with E-state index in [1.807, 2.05) is 0 Å². The average Bonchev–Trinajstić information content (AvgIpc) is 2.28. The van der Waals surface area contributed by atoms with E-state index in [-0.39, 0.29) is 0 Å². The second-order valence-corrected chi connectivity index (χ2v) is 8.45. The van der Waals surface area contributed by atoms with Crippen molar-refractivity contribution in [1.82, 2.24) is 0 Å². The highest BCUT2D eigenvalue weighted by Crippen LogP contribution is 2.53. The summed E-state index contributed by atoms with van der Waals surface area (Å²) in [7, 11) is 0. The van der Waals surface area contributed by atoms with Crippen LogP contribution < -0.4 is 0 Å². The van der Waals surface area contributed by atoms with Crippen molar-refractivity contribution in [3.63, 3.8) is 0 Å². The average molecular weight is 252 g/mol. The van der Waals surface area contributed by atoms with Crippen molar-refractivity contribution in [3.8, 4) is 0 Å². The van der Waals surface area contributed by atoms with Gasteiger partial charge in [-0.3, -0.25) is 0 Å². The molecule has 1 rings (SSSR count). The van der Waals surface area contributed by atoms with E-state index in [1.54, 1.807) is 0 Å². The van der Waals surface area contributed by atoms with Crippen molar-refractivity contribution in [1.29, 1.82) is 0 Å². The highest BCUT2D eigenvalue weighted by Gasteiger charge is 2.45. The molecular formula is C18H36. The van der Waals surface area contributed by atoms with Crippen LogP contribution in [0, 0.1) is 34.5 Å². The van der Waals surface area contributed by atoms with Crippen LogP contribution in [-0.4, -0.2) is 0 Å². The van der Waals surface area contributed by atoms with E-state index in [0.29, 0.717) is 10.8 Å². The Morgan fingerprint density at radius 3 is 1.17 bits per heavy atom. The van der Waals surface area contributed by atoms with Gasteiger partial charge in [0.05, 0.1) is 0 Å². The molecule has 0 N–H and O–H groups in total. The fourth-order valence-corrected chi connectivity index (χ4v) is 3.77. The van der Waals surface area contributed by atoms with E-state index in [9.17, 15) is 0 Å². The van der Waals surface area contributed by atoms with Gasteiger partial charge < -0.3 is 0 Å². The Hall–Kier alpha value is 0. The molecule has 18 heavy (non-hydrogen) atoms.